The highest BCUT2D eigenvalue weighted by atomic mass is 16.5. The predicted molar refractivity (Wildman–Crippen MR) is 101 cm³/mol. The number of carbonyl (C=O) groups is 1. The van der Waals surface area contributed by atoms with E-state index >= 15 is 0 Å². The van der Waals surface area contributed by atoms with Gasteiger partial charge in [0.15, 0.2) is 6.10 Å². The maximum absolute atomic E-state index is 11.7. The van der Waals surface area contributed by atoms with E-state index < -0.39 is 12.1 Å². The van der Waals surface area contributed by atoms with E-state index in [1.807, 2.05) is 36.4 Å². The quantitative estimate of drug-likeness (QED) is 0.680. The van der Waals surface area contributed by atoms with Gasteiger partial charge >= 0.3 is 5.97 Å². The molecule has 0 radical (unpaired) electrons. The minimum atomic E-state index is -0.936. The van der Waals surface area contributed by atoms with E-state index in [4.69, 9.17) is 4.74 Å². The molecule has 0 fully saturated rings. The van der Waals surface area contributed by atoms with Crippen LogP contribution in [-0.4, -0.2) is 17.2 Å². The molecular weight excluding hydrogens is 312 g/mol. The minimum absolute atomic E-state index is 0.281. The van der Waals surface area contributed by atoms with Gasteiger partial charge in [-0.3, -0.25) is 0 Å². The fraction of sp³-hybridized carbons (Fsp3) is 0.409. The zero-order valence-electron chi connectivity index (χ0n) is 15.4. The molecule has 0 aromatic heterocycles. The van der Waals surface area contributed by atoms with E-state index in [9.17, 15) is 9.90 Å². The van der Waals surface area contributed by atoms with E-state index in [0.29, 0.717) is 12.2 Å². The predicted octanol–water partition coefficient (Wildman–Crippen LogP) is 5.23. The zero-order valence-corrected chi connectivity index (χ0v) is 15.4. The molecule has 1 N–H and O–H groups in total. The maximum atomic E-state index is 11.7. The molecule has 0 saturated heterocycles. The van der Waals surface area contributed by atoms with Crippen molar-refractivity contribution in [2.24, 2.45) is 0 Å². The molecule has 0 saturated carbocycles. The summed E-state index contributed by atoms with van der Waals surface area (Å²) in [6.07, 6.45) is 2.88. The highest BCUT2D eigenvalue weighted by molar-refractivity contribution is 5.73. The lowest BCUT2D eigenvalue weighted by Crippen LogP contribution is -2.29. The summed E-state index contributed by atoms with van der Waals surface area (Å²) in [5.41, 5.74) is 3.31. The van der Waals surface area contributed by atoms with Crippen molar-refractivity contribution in [3.05, 3.63) is 65.2 Å². The molecule has 0 unspecified atom stereocenters. The second-order valence-corrected chi connectivity index (χ2v) is 6.76. The van der Waals surface area contributed by atoms with E-state index in [1.165, 1.54) is 18.4 Å². The Morgan fingerprint density at radius 1 is 1.04 bits per heavy atom. The van der Waals surface area contributed by atoms with Crippen molar-refractivity contribution in [3.63, 3.8) is 0 Å². The number of unbranched alkanes of at least 4 members (excludes halogenated alkanes) is 1. The number of hydrogen-bond donors (Lipinski definition) is 1. The number of benzene rings is 2. The van der Waals surface area contributed by atoms with Crippen LogP contribution in [0.4, 0.5) is 0 Å². The van der Waals surface area contributed by atoms with Gasteiger partial charge in [0.25, 0.3) is 0 Å². The van der Waals surface area contributed by atoms with Crippen LogP contribution in [-0.2, 0) is 17.6 Å². The second-order valence-electron chi connectivity index (χ2n) is 6.76. The number of hydrogen-bond acceptors (Lipinski definition) is 2. The molecule has 3 heteroatoms. The Morgan fingerprint density at radius 3 is 2.28 bits per heavy atom. The summed E-state index contributed by atoms with van der Waals surface area (Å²) < 4.78 is 5.87. The highest BCUT2D eigenvalue weighted by Gasteiger charge is 2.21. The van der Waals surface area contributed by atoms with Crippen molar-refractivity contribution in [2.75, 3.05) is 0 Å². The average Bonchev–Trinajstić information content (AvgIpc) is 2.60. The molecule has 0 aliphatic rings. The minimum Gasteiger partial charge on any atom is -0.478 e. The Hall–Kier alpha value is -2.29. The fourth-order valence-corrected chi connectivity index (χ4v) is 2.83. The van der Waals surface area contributed by atoms with Gasteiger partial charge in [0, 0.05) is 6.42 Å². The Labute approximate surface area is 150 Å². The Balaban J connectivity index is 2.10. The summed E-state index contributed by atoms with van der Waals surface area (Å²) in [6.45, 7) is 6.33. The largest absolute Gasteiger partial charge is 0.478 e. The molecule has 0 amide bonds. The summed E-state index contributed by atoms with van der Waals surface area (Å²) in [6, 6.07) is 15.9. The van der Waals surface area contributed by atoms with Crippen molar-refractivity contribution in [1.82, 2.24) is 0 Å². The summed E-state index contributed by atoms with van der Waals surface area (Å²) in [5, 5.41) is 9.57. The van der Waals surface area contributed by atoms with Crippen LogP contribution in [0.5, 0.6) is 5.75 Å². The van der Waals surface area contributed by atoms with Gasteiger partial charge in [0.2, 0.25) is 0 Å². The van der Waals surface area contributed by atoms with Gasteiger partial charge in [-0.15, -0.1) is 0 Å². The zero-order chi connectivity index (χ0) is 18.2. The number of rotatable bonds is 9. The third-order valence-corrected chi connectivity index (χ3v) is 4.35. The van der Waals surface area contributed by atoms with Crippen molar-refractivity contribution in [2.45, 2.75) is 58.5 Å². The summed E-state index contributed by atoms with van der Waals surface area (Å²) >= 11 is 0. The van der Waals surface area contributed by atoms with Crippen LogP contribution in [0.15, 0.2) is 48.5 Å². The Kier molecular flexibility index (Phi) is 7.05. The molecule has 0 bridgehead atoms. The van der Waals surface area contributed by atoms with Crippen molar-refractivity contribution < 1.29 is 14.6 Å². The third-order valence-electron chi connectivity index (χ3n) is 4.35. The Bertz CT molecular complexity index is 674. The first kappa shape index (κ1) is 19.0. The smallest absolute Gasteiger partial charge is 0.345 e. The van der Waals surface area contributed by atoms with Crippen molar-refractivity contribution in [1.29, 1.82) is 0 Å². The Morgan fingerprint density at radius 2 is 1.68 bits per heavy atom. The molecule has 25 heavy (non-hydrogen) atoms. The second kappa shape index (κ2) is 9.26. The number of carboxylic acids is 1. The van der Waals surface area contributed by atoms with Gasteiger partial charge in [-0.25, -0.2) is 4.79 Å². The number of aliphatic carboxylic acids is 1. The van der Waals surface area contributed by atoms with Gasteiger partial charge in [-0.2, -0.15) is 0 Å². The first-order chi connectivity index (χ1) is 12.0. The third kappa shape index (κ3) is 5.63. The summed E-state index contributed by atoms with van der Waals surface area (Å²) in [4.78, 5) is 11.7. The van der Waals surface area contributed by atoms with E-state index in [0.717, 1.165) is 17.5 Å². The van der Waals surface area contributed by atoms with Crippen molar-refractivity contribution >= 4 is 5.97 Å². The molecule has 3 nitrogen and oxygen atoms in total. The topological polar surface area (TPSA) is 46.5 Å². The van der Waals surface area contributed by atoms with Crippen LogP contribution in [0.3, 0.4) is 0 Å². The lowest BCUT2D eigenvalue weighted by molar-refractivity contribution is -0.145. The van der Waals surface area contributed by atoms with E-state index in [1.54, 1.807) is 0 Å². The standard InChI is InChI=1S/C22H28O3/c1-4-5-8-17-11-13-18(14-12-17)15-21(22(23)24)25-20-10-7-6-9-19(20)16(2)3/h6-7,9-14,16,21H,4-5,8,15H2,1-3H3,(H,23,24)/t21-/m1/s1. The number of ether oxygens (including phenoxy) is 1. The van der Waals surface area contributed by atoms with E-state index in [2.05, 4.69) is 32.9 Å². The molecule has 2 aromatic carbocycles. The monoisotopic (exact) mass is 340 g/mol. The van der Waals surface area contributed by atoms with Crippen LogP contribution in [0, 0.1) is 0 Å². The first-order valence-corrected chi connectivity index (χ1v) is 9.07. The fourth-order valence-electron chi connectivity index (χ4n) is 2.83. The van der Waals surface area contributed by atoms with Crippen LogP contribution in [0.2, 0.25) is 0 Å². The van der Waals surface area contributed by atoms with Crippen LogP contribution in [0.25, 0.3) is 0 Å². The average molecular weight is 340 g/mol. The molecule has 0 heterocycles. The van der Waals surface area contributed by atoms with Gasteiger partial charge in [0.05, 0.1) is 0 Å². The normalized spacial score (nSPS) is 12.2. The maximum Gasteiger partial charge on any atom is 0.345 e. The highest BCUT2D eigenvalue weighted by Crippen LogP contribution is 2.27. The lowest BCUT2D eigenvalue weighted by atomic mass is 10.0. The SMILES string of the molecule is CCCCc1ccc(C[C@@H](Oc2ccccc2C(C)C)C(=O)O)cc1. The summed E-state index contributed by atoms with van der Waals surface area (Å²) in [5.74, 6) is 0.00146. The molecule has 2 aromatic rings. The molecule has 134 valence electrons. The van der Waals surface area contributed by atoms with Crippen LogP contribution < -0.4 is 4.74 Å². The number of aryl methyl sites for hydroxylation is 1. The van der Waals surface area contributed by atoms with Gasteiger partial charge < -0.3 is 9.84 Å². The molecule has 0 aliphatic carbocycles. The number of para-hydroxylation sites is 1. The molecule has 0 aliphatic heterocycles. The van der Waals surface area contributed by atoms with Crippen LogP contribution in [0.1, 0.15) is 56.2 Å². The van der Waals surface area contributed by atoms with Crippen LogP contribution >= 0.6 is 0 Å². The number of carboxylic acid groups (broad SMARTS) is 1. The lowest BCUT2D eigenvalue weighted by Gasteiger charge is -2.19. The van der Waals surface area contributed by atoms with Crippen molar-refractivity contribution in [3.8, 4) is 5.75 Å². The molecule has 0 spiro atoms. The van der Waals surface area contributed by atoms with Gasteiger partial charge in [-0.05, 0) is 41.5 Å². The van der Waals surface area contributed by atoms with Gasteiger partial charge in [-0.1, -0.05) is 69.7 Å². The molecular formula is C22H28O3. The summed E-state index contributed by atoms with van der Waals surface area (Å²) in [7, 11) is 0. The first-order valence-electron chi connectivity index (χ1n) is 9.07. The van der Waals surface area contributed by atoms with Gasteiger partial charge in [0.1, 0.15) is 5.75 Å². The molecule has 2 rings (SSSR count). The molecule has 1 atom stereocenters. The van der Waals surface area contributed by atoms with E-state index in [-0.39, 0.29) is 5.92 Å².